The summed E-state index contributed by atoms with van der Waals surface area (Å²) in [7, 11) is 0. The molecule has 0 amide bonds. The van der Waals surface area contributed by atoms with Gasteiger partial charge in [0.15, 0.2) is 0 Å². The normalized spacial score (nSPS) is 0. The molecular formula is BaCaO3Sr. The van der Waals surface area contributed by atoms with Crippen LogP contribution in [-0.2, 0) is 16.4 Å². The first-order valence-corrected chi connectivity index (χ1v) is 0. The van der Waals surface area contributed by atoms with Crippen LogP contribution in [0, 0.1) is 0 Å². The third kappa shape index (κ3) is 24.1. The van der Waals surface area contributed by atoms with Gasteiger partial charge in [0, 0.05) is 0 Å². The molecule has 0 radical (unpaired) electrons. The molecule has 0 heterocycles. The minimum Gasteiger partial charge on any atom is -2.00 e. The van der Waals surface area contributed by atoms with Gasteiger partial charge >= 0.3 is 132 Å². The van der Waals surface area contributed by atoms with Crippen LogP contribution in [0.15, 0.2) is 0 Å². The summed E-state index contributed by atoms with van der Waals surface area (Å²) in [6.45, 7) is 0. The van der Waals surface area contributed by atoms with Crippen LogP contribution in [0.5, 0.6) is 0 Å². The van der Waals surface area contributed by atoms with Crippen LogP contribution in [0.3, 0.4) is 0 Å². The Morgan fingerprint density at radius 2 is 0.667 bits per heavy atom. The first kappa shape index (κ1) is 49.0. The van der Waals surface area contributed by atoms with E-state index in [0.717, 1.165) is 0 Å². The molecule has 0 saturated carbocycles. The molecule has 3 nitrogen and oxygen atoms in total. The molecule has 0 aromatic heterocycles. The van der Waals surface area contributed by atoms with Gasteiger partial charge in [-0.3, -0.25) is 0 Å². The Morgan fingerprint density at radius 1 is 0.667 bits per heavy atom. The summed E-state index contributed by atoms with van der Waals surface area (Å²) in [5.74, 6) is 0. The second kappa shape index (κ2) is 35.1. The molecule has 0 aromatic rings. The van der Waals surface area contributed by atoms with Crippen molar-refractivity contribution in [1.29, 1.82) is 0 Å². The van der Waals surface area contributed by atoms with Crippen LogP contribution in [0.2, 0.25) is 0 Å². The van der Waals surface area contributed by atoms with Gasteiger partial charge < -0.3 is 16.4 Å². The fourth-order valence-corrected chi connectivity index (χ4v) is 0. The monoisotopic (exact) mass is 314 g/mol. The Hall–Kier alpha value is 4.19. The van der Waals surface area contributed by atoms with E-state index in [4.69, 9.17) is 0 Å². The van der Waals surface area contributed by atoms with Crippen molar-refractivity contribution in [2.75, 3.05) is 0 Å². The van der Waals surface area contributed by atoms with Crippen LogP contribution in [0.4, 0.5) is 0 Å². The molecule has 0 saturated heterocycles. The molecule has 0 aliphatic heterocycles. The molecule has 6 heavy (non-hydrogen) atoms. The fourth-order valence-electron chi connectivity index (χ4n) is 0. The van der Waals surface area contributed by atoms with E-state index >= 15 is 0 Å². The fraction of sp³-hybridized carbons (Fsp3) is 0. The first-order valence-electron chi connectivity index (χ1n) is 0. The first-order chi connectivity index (χ1) is 0. The zero-order valence-corrected chi connectivity index (χ0v) is 13.5. The quantitative estimate of drug-likeness (QED) is 0.488. The van der Waals surface area contributed by atoms with Gasteiger partial charge in [-0.1, -0.05) is 0 Å². The maximum atomic E-state index is 0. The Labute approximate surface area is 144 Å². The number of hydrogen-bond acceptors (Lipinski definition) is 0. The third-order valence-electron chi connectivity index (χ3n) is 0. The molecular weight excluding hydrogens is 313 g/mol. The summed E-state index contributed by atoms with van der Waals surface area (Å²) in [5.41, 5.74) is 0. The van der Waals surface area contributed by atoms with E-state index in [9.17, 15) is 0 Å². The number of hydrogen-bond donors (Lipinski definition) is 0. The largest absolute Gasteiger partial charge is 2.00 e. The molecule has 0 aliphatic carbocycles. The average Bonchev–Trinajstić information content (AvgIpc) is 0. The predicted molar refractivity (Wildman–Crippen MR) is 19.3 cm³/mol. The van der Waals surface area contributed by atoms with Crippen molar-refractivity contribution >= 4 is 132 Å². The Kier molecular flexibility index (Phi) is 287. The van der Waals surface area contributed by atoms with E-state index in [0.29, 0.717) is 0 Å². The van der Waals surface area contributed by atoms with Crippen molar-refractivity contribution < 1.29 is 16.4 Å². The maximum absolute atomic E-state index is 0. The average molecular weight is 313 g/mol. The van der Waals surface area contributed by atoms with E-state index in [1.54, 1.807) is 0 Å². The van der Waals surface area contributed by atoms with E-state index in [1.165, 1.54) is 0 Å². The summed E-state index contributed by atoms with van der Waals surface area (Å²) in [6, 6.07) is 0. The van der Waals surface area contributed by atoms with Crippen LogP contribution in [0.25, 0.3) is 0 Å². The van der Waals surface area contributed by atoms with E-state index in [-0.39, 0.29) is 149 Å². The molecule has 0 aromatic carbocycles. The van der Waals surface area contributed by atoms with Crippen molar-refractivity contribution in [1.82, 2.24) is 0 Å². The van der Waals surface area contributed by atoms with Crippen molar-refractivity contribution in [2.45, 2.75) is 0 Å². The van der Waals surface area contributed by atoms with Crippen LogP contribution >= 0.6 is 0 Å². The van der Waals surface area contributed by atoms with Crippen LogP contribution in [-0.4, -0.2) is 132 Å². The SMILES string of the molecule is [Ba+2].[Ca+2].[O-2].[O-2].[O-2].[Sr+2]. The minimum absolute atomic E-state index is 0. The predicted octanol–water partition coefficient (Wildman–Crippen LogP) is -1.50. The standard InChI is InChI=1S/Ba.Ca.3O.Sr/q2*+2;3*-2;+2. The zero-order chi connectivity index (χ0) is 0. The van der Waals surface area contributed by atoms with Gasteiger partial charge in [-0.15, -0.1) is 0 Å². The molecule has 0 fully saturated rings. The van der Waals surface area contributed by atoms with Crippen molar-refractivity contribution in [3.63, 3.8) is 0 Å². The second-order valence-corrected chi connectivity index (χ2v) is 0. The Balaban J connectivity index is 0. The van der Waals surface area contributed by atoms with E-state index in [2.05, 4.69) is 0 Å². The molecule has 0 atom stereocenters. The molecule has 0 spiro atoms. The molecule has 0 unspecified atom stereocenters. The third-order valence-corrected chi connectivity index (χ3v) is 0. The van der Waals surface area contributed by atoms with Gasteiger partial charge in [-0.2, -0.15) is 0 Å². The molecule has 24 valence electrons. The van der Waals surface area contributed by atoms with Gasteiger partial charge in [0.25, 0.3) is 0 Å². The van der Waals surface area contributed by atoms with Gasteiger partial charge in [-0.25, -0.2) is 0 Å². The zero-order valence-electron chi connectivity index (χ0n) is 3.35. The molecule has 6 heteroatoms. The summed E-state index contributed by atoms with van der Waals surface area (Å²) in [6.07, 6.45) is 0. The smallest absolute Gasteiger partial charge is 2.00 e. The van der Waals surface area contributed by atoms with Crippen molar-refractivity contribution in [2.24, 2.45) is 0 Å². The van der Waals surface area contributed by atoms with E-state index < -0.39 is 0 Å². The topological polar surface area (TPSA) is 85.5 Å². The van der Waals surface area contributed by atoms with Gasteiger partial charge in [-0.05, 0) is 0 Å². The second-order valence-electron chi connectivity index (χ2n) is 0. The molecule has 0 N–H and O–H groups in total. The Bertz CT molecular complexity index is 10.8. The number of rotatable bonds is 0. The van der Waals surface area contributed by atoms with Crippen molar-refractivity contribution in [3.05, 3.63) is 0 Å². The minimum atomic E-state index is 0. The molecule has 0 aliphatic rings. The maximum Gasteiger partial charge on any atom is 2.00 e. The van der Waals surface area contributed by atoms with Gasteiger partial charge in [0.05, 0.1) is 0 Å². The Morgan fingerprint density at radius 3 is 0.667 bits per heavy atom. The summed E-state index contributed by atoms with van der Waals surface area (Å²) >= 11 is 0. The van der Waals surface area contributed by atoms with Gasteiger partial charge in [0.1, 0.15) is 0 Å². The van der Waals surface area contributed by atoms with Crippen LogP contribution in [0.1, 0.15) is 0 Å². The van der Waals surface area contributed by atoms with Crippen LogP contribution < -0.4 is 0 Å². The molecule has 0 bridgehead atoms. The summed E-state index contributed by atoms with van der Waals surface area (Å²) in [5, 5.41) is 0. The summed E-state index contributed by atoms with van der Waals surface area (Å²) in [4.78, 5) is 0. The van der Waals surface area contributed by atoms with E-state index in [1.807, 2.05) is 0 Å². The van der Waals surface area contributed by atoms with Crippen molar-refractivity contribution in [3.8, 4) is 0 Å². The summed E-state index contributed by atoms with van der Waals surface area (Å²) < 4.78 is 0. The molecule has 0 rings (SSSR count). The van der Waals surface area contributed by atoms with Gasteiger partial charge in [0.2, 0.25) is 0 Å².